The Balaban J connectivity index is 2.18. The third-order valence-electron chi connectivity index (χ3n) is 3.00. The summed E-state index contributed by atoms with van der Waals surface area (Å²) in [7, 11) is -1.22. The number of aliphatic hydroxyl groups is 1. The molecule has 1 aromatic heterocycles. The predicted octanol–water partition coefficient (Wildman–Crippen LogP) is 0.638. The van der Waals surface area contributed by atoms with Crippen molar-refractivity contribution in [2.75, 3.05) is 25.5 Å². The normalized spacial score (nSPS) is 28.6. The fourth-order valence-electron chi connectivity index (χ4n) is 2.03. The quantitative estimate of drug-likeness (QED) is 0.470. The van der Waals surface area contributed by atoms with Gasteiger partial charge in [-0.15, -0.1) is 11.7 Å². The highest BCUT2D eigenvalue weighted by Crippen LogP contribution is 2.33. The monoisotopic (exact) mass is 318 g/mol. The highest BCUT2D eigenvalue weighted by molar-refractivity contribution is 7.87. The van der Waals surface area contributed by atoms with Gasteiger partial charge >= 0.3 is 5.13 Å². The molecule has 0 spiro atoms. The van der Waals surface area contributed by atoms with Crippen LogP contribution >= 0.6 is 11.3 Å². The van der Waals surface area contributed by atoms with E-state index in [1.54, 1.807) is 11.0 Å². The molecule has 0 amide bonds. The van der Waals surface area contributed by atoms with Gasteiger partial charge in [-0.05, 0) is 17.8 Å². The molecule has 7 nitrogen and oxygen atoms in total. The first-order chi connectivity index (χ1) is 9.51. The van der Waals surface area contributed by atoms with Crippen LogP contribution in [0.4, 0.5) is 5.13 Å². The molecule has 1 aromatic rings. The van der Waals surface area contributed by atoms with E-state index in [2.05, 4.69) is 16.8 Å². The number of aliphatic hydroxyl groups excluding tert-OH is 1. The fraction of sp³-hybridized carbons (Fsp3) is 0.636. The van der Waals surface area contributed by atoms with Crippen LogP contribution in [0.2, 0.25) is 0 Å². The highest BCUT2D eigenvalue weighted by Gasteiger charge is 2.42. The zero-order valence-corrected chi connectivity index (χ0v) is 12.9. The van der Waals surface area contributed by atoms with Crippen LogP contribution in [0, 0.1) is 5.21 Å². The lowest BCUT2D eigenvalue weighted by Crippen LogP contribution is -2.48. The summed E-state index contributed by atoms with van der Waals surface area (Å²) in [5.74, 6) is 0.499. The number of hydrogen-bond acceptors (Lipinski definition) is 7. The molecule has 112 valence electrons. The number of nitrogens with zero attached hydrogens (tertiary/aromatic N) is 4. The van der Waals surface area contributed by atoms with Crippen molar-refractivity contribution >= 4 is 27.3 Å². The minimum atomic E-state index is -1.22. The molecule has 3 unspecified atom stereocenters. The molecule has 9 heteroatoms. The van der Waals surface area contributed by atoms with Crippen LogP contribution in [0.5, 0.6) is 0 Å². The second-order valence-electron chi connectivity index (χ2n) is 4.64. The molecule has 2 rings (SSSR count). The first-order valence-corrected chi connectivity index (χ1v) is 8.47. The molecule has 1 aliphatic rings. The standard InChI is InChI=1S/C11H18N4O3S2/c1-3-5-14-7-9(16)15(17,8-14)10-12-13-11(19-10)20(18)6-4-2/h3,9,16H,1,4-8H2,2H3. The van der Waals surface area contributed by atoms with Crippen molar-refractivity contribution in [3.63, 3.8) is 0 Å². The van der Waals surface area contributed by atoms with Crippen molar-refractivity contribution in [1.82, 2.24) is 19.7 Å². The lowest BCUT2D eigenvalue weighted by Gasteiger charge is -2.36. The van der Waals surface area contributed by atoms with Crippen molar-refractivity contribution in [1.29, 1.82) is 0 Å². The topological polar surface area (TPSA) is 89.4 Å². The van der Waals surface area contributed by atoms with Crippen molar-refractivity contribution in [3.8, 4) is 0 Å². The molecule has 1 N–H and O–H groups in total. The van der Waals surface area contributed by atoms with Crippen molar-refractivity contribution < 1.29 is 9.32 Å². The molecule has 1 saturated heterocycles. The van der Waals surface area contributed by atoms with Gasteiger partial charge in [0, 0.05) is 12.3 Å². The predicted molar refractivity (Wildman–Crippen MR) is 79.3 cm³/mol. The van der Waals surface area contributed by atoms with Crippen LogP contribution < -0.4 is 4.65 Å². The zero-order valence-electron chi connectivity index (χ0n) is 11.3. The van der Waals surface area contributed by atoms with Crippen LogP contribution in [-0.2, 0) is 10.8 Å². The largest absolute Gasteiger partial charge is 0.623 e. The van der Waals surface area contributed by atoms with Crippen LogP contribution in [0.3, 0.4) is 0 Å². The minimum Gasteiger partial charge on any atom is -0.623 e. The lowest BCUT2D eigenvalue weighted by molar-refractivity contribution is 0.0844. The van der Waals surface area contributed by atoms with E-state index < -0.39 is 21.7 Å². The Labute approximate surface area is 124 Å². The maximum atomic E-state index is 12.7. The second kappa shape index (κ2) is 6.37. The van der Waals surface area contributed by atoms with Gasteiger partial charge in [-0.2, -0.15) is 0 Å². The van der Waals surface area contributed by atoms with E-state index in [-0.39, 0.29) is 18.3 Å². The van der Waals surface area contributed by atoms with Crippen LogP contribution in [-0.4, -0.2) is 56.2 Å². The van der Waals surface area contributed by atoms with Gasteiger partial charge in [-0.3, -0.25) is 8.86 Å². The van der Waals surface area contributed by atoms with Gasteiger partial charge in [0.25, 0.3) is 0 Å². The number of aromatic nitrogens is 2. The fourth-order valence-corrected chi connectivity index (χ4v) is 4.21. The first-order valence-electron chi connectivity index (χ1n) is 6.33. The number of β-amino-alcohol motifs (C(OH)–C–C–N with tert-alkyl or cyclic N) is 1. The first kappa shape index (κ1) is 15.7. The molecule has 3 atom stereocenters. The summed E-state index contributed by atoms with van der Waals surface area (Å²) in [5, 5.41) is 30.6. The molecule has 0 bridgehead atoms. The second-order valence-corrected chi connectivity index (χ2v) is 7.34. The molecular formula is C11H18N4O3S2. The lowest BCUT2D eigenvalue weighted by atomic mass is 10.5. The third kappa shape index (κ3) is 2.97. The molecule has 0 aromatic carbocycles. The Morgan fingerprint density at radius 2 is 2.45 bits per heavy atom. The van der Waals surface area contributed by atoms with Crippen molar-refractivity contribution in [2.45, 2.75) is 23.9 Å². The molecule has 0 saturated carbocycles. The molecular weight excluding hydrogens is 300 g/mol. The van der Waals surface area contributed by atoms with Gasteiger partial charge in [0.1, 0.15) is 6.67 Å². The maximum absolute atomic E-state index is 12.7. The van der Waals surface area contributed by atoms with E-state index in [9.17, 15) is 14.5 Å². The SMILES string of the molecule is C=CCN1CC(O)[N+]([O-])(c2nnc(S(=O)CCC)s2)C1. The van der Waals surface area contributed by atoms with E-state index in [1.165, 1.54) is 0 Å². The van der Waals surface area contributed by atoms with E-state index in [0.717, 1.165) is 17.8 Å². The summed E-state index contributed by atoms with van der Waals surface area (Å²) in [4.78, 5) is 1.80. The average Bonchev–Trinajstić information content (AvgIpc) is 2.98. The van der Waals surface area contributed by atoms with E-state index in [0.29, 0.717) is 16.6 Å². The van der Waals surface area contributed by atoms with E-state index >= 15 is 0 Å². The summed E-state index contributed by atoms with van der Waals surface area (Å²) in [5.41, 5.74) is 0. The van der Waals surface area contributed by atoms with Crippen LogP contribution in [0.25, 0.3) is 0 Å². The van der Waals surface area contributed by atoms with Crippen LogP contribution in [0.15, 0.2) is 17.0 Å². The summed E-state index contributed by atoms with van der Waals surface area (Å²) in [6.45, 7) is 6.45. The van der Waals surface area contributed by atoms with Gasteiger partial charge in [0.05, 0.1) is 17.3 Å². The third-order valence-corrected chi connectivity index (χ3v) is 5.89. The van der Waals surface area contributed by atoms with Crippen molar-refractivity contribution in [2.24, 2.45) is 0 Å². The average molecular weight is 318 g/mol. The number of hydrogen-bond donors (Lipinski definition) is 1. The van der Waals surface area contributed by atoms with Gasteiger partial charge in [0.15, 0.2) is 0 Å². The Morgan fingerprint density at radius 3 is 3.10 bits per heavy atom. The zero-order chi connectivity index (χ0) is 14.8. The molecule has 2 heterocycles. The molecule has 1 fully saturated rings. The van der Waals surface area contributed by atoms with Gasteiger partial charge in [-0.1, -0.05) is 18.1 Å². The van der Waals surface area contributed by atoms with E-state index in [4.69, 9.17) is 0 Å². The number of hydroxylamine groups is 2. The Morgan fingerprint density at radius 1 is 1.70 bits per heavy atom. The number of quaternary nitrogens is 1. The summed E-state index contributed by atoms with van der Waals surface area (Å²) in [6, 6.07) is 0. The van der Waals surface area contributed by atoms with Gasteiger partial charge < -0.3 is 10.3 Å². The minimum absolute atomic E-state index is 0.0994. The summed E-state index contributed by atoms with van der Waals surface area (Å²) < 4.78 is 11.3. The molecule has 1 aliphatic heterocycles. The molecule has 0 aliphatic carbocycles. The summed E-state index contributed by atoms with van der Waals surface area (Å²) in [6.07, 6.45) is 1.36. The Hall–Kier alpha value is -0.710. The highest BCUT2D eigenvalue weighted by atomic mass is 32.2. The van der Waals surface area contributed by atoms with Gasteiger partial charge in [-0.25, -0.2) is 4.90 Å². The van der Waals surface area contributed by atoms with Gasteiger partial charge in [0.2, 0.25) is 10.6 Å². The van der Waals surface area contributed by atoms with Crippen molar-refractivity contribution in [3.05, 3.63) is 17.9 Å². The van der Waals surface area contributed by atoms with Crippen LogP contribution in [0.1, 0.15) is 13.3 Å². The summed E-state index contributed by atoms with van der Waals surface area (Å²) >= 11 is 1.03. The maximum Gasteiger partial charge on any atom is 0.310 e. The van der Waals surface area contributed by atoms with E-state index in [1.807, 2.05) is 6.92 Å². The smallest absolute Gasteiger partial charge is 0.310 e. The Bertz CT molecular complexity index is 510. The molecule has 0 radical (unpaired) electrons. The Kier molecular flexibility index (Phi) is 4.99. The number of rotatable bonds is 6. The molecule has 20 heavy (non-hydrogen) atoms.